The summed E-state index contributed by atoms with van der Waals surface area (Å²) in [6.07, 6.45) is 4.74. The van der Waals surface area contributed by atoms with Crippen LogP contribution in [0.15, 0.2) is 24.3 Å². The molecule has 2 atom stereocenters. The minimum atomic E-state index is -0.681. The lowest BCUT2D eigenvalue weighted by Gasteiger charge is -2.60. The standard InChI is InChI=1S/C21H26ClN3O3/c22-17-8-4-1-5-14(17)10-24-19(27)18-9-16(26)11-25(18)21(20(24)28)12-23(13-21)15-6-2-3-7-15/h1,4-5,8,15-16,18,26H,2-3,6-7,9-13H2/t16-,18+/m1/s1. The predicted molar refractivity (Wildman–Crippen MR) is 105 cm³/mol. The van der Waals surface area contributed by atoms with Gasteiger partial charge in [-0.3, -0.25) is 24.3 Å². The summed E-state index contributed by atoms with van der Waals surface area (Å²) < 4.78 is 0. The summed E-state index contributed by atoms with van der Waals surface area (Å²) in [5.74, 6) is -0.330. The smallest absolute Gasteiger partial charge is 0.252 e. The van der Waals surface area contributed by atoms with Gasteiger partial charge in [-0.25, -0.2) is 0 Å². The Balaban J connectivity index is 1.44. The molecule has 6 nitrogen and oxygen atoms in total. The van der Waals surface area contributed by atoms with Crippen LogP contribution in [-0.4, -0.2) is 75.0 Å². The van der Waals surface area contributed by atoms with Crippen LogP contribution < -0.4 is 0 Å². The van der Waals surface area contributed by atoms with Crippen LogP contribution in [0.25, 0.3) is 0 Å². The van der Waals surface area contributed by atoms with E-state index in [-0.39, 0.29) is 18.4 Å². The fraction of sp³-hybridized carbons (Fsp3) is 0.619. The summed E-state index contributed by atoms with van der Waals surface area (Å²) in [4.78, 5) is 32.5. The summed E-state index contributed by atoms with van der Waals surface area (Å²) in [5.41, 5.74) is 0.0971. The second kappa shape index (κ2) is 6.80. The van der Waals surface area contributed by atoms with Crippen LogP contribution in [0.4, 0.5) is 0 Å². The van der Waals surface area contributed by atoms with Gasteiger partial charge in [-0.15, -0.1) is 0 Å². The lowest BCUT2D eigenvalue weighted by Crippen LogP contribution is -2.82. The molecule has 7 heteroatoms. The van der Waals surface area contributed by atoms with Crippen molar-refractivity contribution in [3.63, 3.8) is 0 Å². The summed E-state index contributed by atoms with van der Waals surface area (Å²) in [7, 11) is 0. The van der Waals surface area contributed by atoms with Crippen molar-refractivity contribution in [1.29, 1.82) is 0 Å². The number of rotatable bonds is 3. The number of aliphatic hydroxyl groups is 1. The number of hydrogen-bond acceptors (Lipinski definition) is 5. The summed E-state index contributed by atoms with van der Waals surface area (Å²) in [6.45, 7) is 1.92. The summed E-state index contributed by atoms with van der Waals surface area (Å²) in [5, 5.41) is 10.8. The molecule has 5 rings (SSSR count). The second-order valence-electron chi connectivity index (χ2n) is 8.75. The van der Waals surface area contributed by atoms with Crippen LogP contribution >= 0.6 is 11.6 Å². The first-order valence-corrected chi connectivity index (χ1v) is 10.7. The van der Waals surface area contributed by atoms with Crippen LogP contribution in [0, 0.1) is 0 Å². The molecule has 3 saturated heterocycles. The Morgan fingerprint density at radius 3 is 2.57 bits per heavy atom. The van der Waals surface area contributed by atoms with Crippen molar-refractivity contribution in [3.05, 3.63) is 34.9 Å². The van der Waals surface area contributed by atoms with Gasteiger partial charge in [0.15, 0.2) is 0 Å². The molecule has 1 aromatic rings. The van der Waals surface area contributed by atoms with Gasteiger partial charge in [-0.2, -0.15) is 0 Å². The second-order valence-corrected chi connectivity index (χ2v) is 9.16. The zero-order valence-corrected chi connectivity index (χ0v) is 16.6. The third kappa shape index (κ3) is 2.73. The molecule has 3 aliphatic heterocycles. The molecule has 3 heterocycles. The van der Waals surface area contributed by atoms with Gasteiger partial charge in [0, 0.05) is 30.7 Å². The minimum Gasteiger partial charge on any atom is -0.392 e. The van der Waals surface area contributed by atoms with E-state index in [9.17, 15) is 14.7 Å². The number of fused-ring (bicyclic) bond motifs is 2. The first-order valence-electron chi connectivity index (χ1n) is 10.3. The number of halogens is 1. The molecule has 0 radical (unpaired) electrons. The van der Waals surface area contributed by atoms with Gasteiger partial charge in [0.1, 0.15) is 5.54 Å². The number of aliphatic hydroxyl groups excluding tert-OH is 1. The average Bonchev–Trinajstić information content (AvgIpc) is 3.29. The van der Waals surface area contributed by atoms with E-state index in [4.69, 9.17) is 11.6 Å². The minimum absolute atomic E-state index is 0.128. The van der Waals surface area contributed by atoms with Crippen LogP contribution in [0.5, 0.6) is 0 Å². The normalized spacial score (nSPS) is 30.9. The van der Waals surface area contributed by atoms with E-state index in [0.717, 1.165) is 5.56 Å². The van der Waals surface area contributed by atoms with E-state index in [1.807, 2.05) is 23.1 Å². The van der Waals surface area contributed by atoms with E-state index in [0.29, 0.717) is 37.1 Å². The van der Waals surface area contributed by atoms with Gasteiger partial charge in [-0.05, 0) is 30.9 Å². The lowest BCUT2D eigenvalue weighted by molar-refractivity contribution is -0.183. The number of β-amino-alcohol motifs (C(OH)–C–C–N with tert-alkyl or cyclic N) is 1. The van der Waals surface area contributed by atoms with Gasteiger partial charge in [-0.1, -0.05) is 42.6 Å². The first-order chi connectivity index (χ1) is 13.5. The number of carbonyl (C=O) groups excluding carboxylic acids is 2. The van der Waals surface area contributed by atoms with Crippen molar-refractivity contribution in [1.82, 2.24) is 14.7 Å². The Morgan fingerprint density at radius 2 is 1.86 bits per heavy atom. The summed E-state index contributed by atoms with van der Waals surface area (Å²) in [6, 6.07) is 7.49. The fourth-order valence-electron chi connectivity index (χ4n) is 5.59. The van der Waals surface area contributed by atoms with Crippen LogP contribution in [0.2, 0.25) is 5.02 Å². The van der Waals surface area contributed by atoms with Crippen molar-refractivity contribution >= 4 is 23.4 Å². The molecule has 0 bridgehead atoms. The maximum Gasteiger partial charge on any atom is 0.252 e. The monoisotopic (exact) mass is 403 g/mol. The molecule has 28 heavy (non-hydrogen) atoms. The number of benzene rings is 1. The van der Waals surface area contributed by atoms with E-state index < -0.39 is 17.7 Å². The number of likely N-dealkylation sites (tertiary alicyclic amines) is 1. The highest BCUT2D eigenvalue weighted by atomic mass is 35.5. The summed E-state index contributed by atoms with van der Waals surface area (Å²) >= 11 is 6.29. The van der Waals surface area contributed by atoms with Gasteiger partial charge in [0.25, 0.3) is 5.91 Å². The number of piperazine rings is 1. The molecule has 4 fully saturated rings. The first kappa shape index (κ1) is 18.6. The van der Waals surface area contributed by atoms with Gasteiger partial charge in [0.2, 0.25) is 5.91 Å². The SMILES string of the molecule is O=C1[C@@H]2C[C@@H](O)CN2C2(CN(C3CCCC3)C2)C(=O)N1Cc1ccccc1Cl. The highest BCUT2D eigenvalue weighted by Crippen LogP contribution is 2.43. The molecule has 0 aromatic heterocycles. The van der Waals surface area contributed by atoms with Crippen LogP contribution in [-0.2, 0) is 16.1 Å². The zero-order valence-electron chi connectivity index (χ0n) is 15.9. The number of hydrogen-bond donors (Lipinski definition) is 1. The molecular weight excluding hydrogens is 378 g/mol. The van der Waals surface area contributed by atoms with Gasteiger partial charge >= 0.3 is 0 Å². The number of carbonyl (C=O) groups is 2. The van der Waals surface area contributed by atoms with E-state index >= 15 is 0 Å². The molecule has 1 aliphatic carbocycles. The van der Waals surface area contributed by atoms with E-state index in [2.05, 4.69) is 4.90 Å². The highest BCUT2D eigenvalue weighted by molar-refractivity contribution is 6.31. The maximum atomic E-state index is 13.6. The largest absolute Gasteiger partial charge is 0.392 e. The molecule has 1 spiro atoms. The number of imide groups is 1. The van der Waals surface area contributed by atoms with Crippen molar-refractivity contribution < 1.29 is 14.7 Å². The highest BCUT2D eigenvalue weighted by Gasteiger charge is 2.64. The molecule has 1 saturated carbocycles. The topological polar surface area (TPSA) is 64.1 Å². The third-order valence-electron chi connectivity index (χ3n) is 7.08. The van der Waals surface area contributed by atoms with E-state index in [1.54, 1.807) is 6.07 Å². The van der Waals surface area contributed by atoms with Crippen LogP contribution in [0.1, 0.15) is 37.7 Å². The number of amides is 2. The molecule has 2 amide bonds. The Kier molecular flexibility index (Phi) is 4.51. The Morgan fingerprint density at radius 1 is 1.14 bits per heavy atom. The quantitative estimate of drug-likeness (QED) is 0.777. The van der Waals surface area contributed by atoms with Gasteiger partial charge < -0.3 is 5.11 Å². The zero-order chi connectivity index (χ0) is 19.5. The lowest BCUT2D eigenvalue weighted by atomic mass is 9.81. The van der Waals surface area contributed by atoms with Crippen molar-refractivity contribution in [3.8, 4) is 0 Å². The predicted octanol–water partition coefficient (Wildman–Crippen LogP) is 1.64. The molecular formula is C21H26ClN3O3. The number of nitrogens with zero attached hydrogens (tertiary/aromatic N) is 3. The van der Waals surface area contributed by atoms with Crippen LogP contribution in [0.3, 0.4) is 0 Å². The van der Waals surface area contributed by atoms with E-state index in [1.165, 1.54) is 30.6 Å². The van der Waals surface area contributed by atoms with Gasteiger partial charge in [0.05, 0.1) is 18.7 Å². The average molecular weight is 404 g/mol. The Hall–Kier alpha value is -1.47. The van der Waals surface area contributed by atoms with Crippen molar-refractivity contribution in [2.45, 2.75) is 62.4 Å². The molecule has 150 valence electrons. The van der Waals surface area contributed by atoms with Crippen molar-refractivity contribution in [2.75, 3.05) is 19.6 Å². The Labute approximate surface area is 170 Å². The Bertz CT molecular complexity index is 804. The third-order valence-corrected chi connectivity index (χ3v) is 7.45. The molecule has 0 unspecified atom stereocenters. The maximum absolute atomic E-state index is 13.6. The van der Waals surface area contributed by atoms with Crippen molar-refractivity contribution in [2.24, 2.45) is 0 Å². The molecule has 1 N–H and O–H groups in total. The fourth-order valence-corrected chi connectivity index (χ4v) is 5.79. The molecule has 1 aromatic carbocycles. The molecule has 4 aliphatic rings.